The molecule has 0 bridgehead atoms. The molecule has 1 aliphatic rings. The van der Waals surface area contributed by atoms with Crippen LogP contribution < -0.4 is 11.1 Å². The molecule has 0 spiro atoms. The topological polar surface area (TPSA) is 97.5 Å². The zero-order valence-corrected chi connectivity index (χ0v) is 17.6. The van der Waals surface area contributed by atoms with Gasteiger partial charge in [-0.2, -0.15) is 0 Å². The highest BCUT2D eigenvalue weighted by Crippen LogP contribution is 2.22. The van der Waals surface area contributed by atoms with E-state index in [0.717, 1.165) is 5.92 Å². The van der Waals surface area contributed by atoms with E-state index in [4.69, 9.17) is 10.5 Å². The summed E-state index contributed by atoms with van der Waals surface area (Å²) in [5, 5.41) is 12.3. The molecule has 4 N–H and O–H groups in total. The van der Waals surface area contributed by atoms with Crippen molar-refractivity contribution in [3.63, 3.8) is 0 Å². The fraction of sp³-hybridized carbons (Fsp3) is 0.684. The van der Waals surface area contributed by atoms with Crippen molar-refractivity contribution >= 4 is 27.7 Å². The number of esters is 1. The number of methoxy groups -OCH3 is 1. The summed E-state index contributed by atoms with van der Waals surface area (Å²) in [6.45, 7) is 4.51. The Morgan fingerprint density at radius 2 is 2.12 bits per heavy atom. The average molecular weight is 430 g/mol. The van der Waals surface area contributed by atoms with E-state index in [1.54, 1.807) is 19.2 Å². The zero-order valence-electron chi connectivity index (χ0n) is 16.0. The number of aromatic nitrogens is 1. The lowest BCUT2D eigenvalue weighted by molar-refractivity contribution is 0.0601. The van der Waals surface area contributed by atoms with Crippen LogP contribution in [0.3, 0.4) is 0 Å². The van der Waals surface area contributed by atoms with Crippen molar-refractivity contribution in [1.29, 1.82) is 0 Å². The van der Waals surface area contributed by atoms with Crippen LogP contribution in [0.1, 0.15) is 62.7 Å². The van der Waals surface area contributed by atoms with Crippen LogP contribution in [0.25, 0.3) is 0 Å². The van der Waals surface area contributed by atoms with Crippen LogP contribution in [0.4, 0.5) is 5.82 Å². The Kier molecular flexibility index (Phi) is 10.8. The average Bonchev–Trinajstić information content (AvgIpc) is 2.63. The first kappa shape index (κ1) is 22.9. The number of nitrogens with zero attached hydrogens (tertiary/aromatic N) is 1. The molecule has 0 amide bonds. The van der Waals surface area contributed by atoms with E-state index < -0.39 is 12.1 Å². The van der Waals surface area contributed by atoms with Crippen molar-refractivity contribution in [2.24, 2.45) is 11.7 Å². The van der Waals surface area contributed by atoms with Gasteiger partial charge in [0.2, 0.25) is 0 Å². The lowest BCUT2D eigenvalue weighted by Gasteiger charge is -2.15. The number of nitrogens with one attached hydrogen (secondary N) is 1. The minimum atomic E-state index is -0.570. The van der Waals surface area contributed by atoms with Crippen molar-refractivity contribution in [3.8, 4) is 0 Å². The zero-order chi connectivity index (χ0) is 19.5. The second kappa shape index (κ2) is 12.3. The molecule has 0 radical (unpaired) electrons. The Hall–Kier alpha value is -1.18. The van der Waals surface area contributed by atoms with Crippen molar-refractivity contribution < 1.29 is 14.6 Å². The Morgan fingerprint density at radius 1 is 1.46 bits per heavy atom. The van der Waals surface area contributed by atoms with Crippen molar-refractivity contribution in [3.05, 3.63) is 22.3 Å². The molecule has 0 saturated heterocycles. The van der Waals surface area contributed by atoms with Crippen LogP contribution in [-0.4, -0.2) is 41.9 Å². The van der Waals surface area contributed by atoms with Crippen LogP contribution in [-0.2, 0) is 4.74 Å². The summed E-state index contributed by atoms with van der Waals surface area (Å²) in [4.78, 5) is 15.7. The summed E-state index contributed by atoms with van der Waals surface area (Å²) in [5.74, 6) is 1.01. The van der Waals surface area contributed by atoms with Gasteiger partial charge >= 0.3 is 5.97 Å². The fourth-order valence-electron chi connectivity index (χ4n) is 2.75. The van der Waals surface area contributed by atoms with Gasteiger partial charge in [0.1, 0.15) is 11.4 Å². The second-order valence-corrected chi connectivity index (χ2v) is 7.82. The molecule has 1 heterocycles. The monoisotopic (exact) mass is 429 g/mol. The quantitative estimate of drug-likeness (QED) is 0.595. The molecule has 148 valence electrons. The first-order chi connectivity index (χ1) is 12.3. The van der Waals surface area contributed by atoms with Crippen LogP contribution >= 0.6 is 15.9 Å². The van der Waals surface area contributed by atoms with Crippen LogP contribution in [0.5, 0.6) is 0 Å². The molecule has 2 atom stereocenters. The molecule has 0 aromatic carbocycles. The third kappa shape index (κ3) is 8.47. The summed E-state index contributed by atoms with van der Waals surface area (Å²) in [6, 6.07) is 1.32. The fourth-order valence-corrected chi connectivity index (χ4v) is 3.08. The number of rotatable bonds is 6. The van der Waals surface area contributed by atoms with E-state index in [-0.39, 0.29) is 6.04 Å². The first-order valence-electron chi connectivity index (χ1n) is 9.26. The lowest BCUT2D eigenvalue weighted by atomic mass is 9.91. The number of anilines is 1. The lowest BCUT2D eigenvalue weighted by Crippen LogP contribution is -2.34. The van der Waals surface area contributed by atoms with E-state index in [1.165, 1.54) is 39.2 Å². The molecule has 2 unspecified atom stereocenters. The predicted octanol–water partition coefficient (Wildman–Crippen LogP) is 3.73. The number of nitrogens with two attached hydrogens (primary N) is 1. The molecule has 26 heavy (non-hydrogen) atoms. The molecule has 1 aromatic heterocycles. The molecular weight excluding hydrogens is 398 g/mol. The maximum absolute atomic E-state index is 11.6. The summed E-state index contributed by atoms with van der Waals surface area (Å²) in [5.41, 5.74) is 6.07. The number of carbonyl (C=O) groups is 1. The Labute approximate surface area is 165 Å². The number of carbonyl (C=O) groups excluding carboxylic acids is 1. The minimum absolute atomic E-state index is 0.315. The van der Waals surface area contributed by atoms with Gasteiger partial charge in [-0.15, -0.1) is 0 Å². The Bertz CT molecular complexity index is 549. The molecular formula is C19H32BrN3O3. The van der Waals surface area contributed by atoms with Gasteiger partial charge in [0.15, 0.2) is 0 Å². The molecule has 1 fully saturated rings. The van der Waals surface area contributed by atoms with Gasteiger partial charge in [-0.3, -0.25) is 0 Å². The molecule has 1 saturated carbocycles. The molecule has 6 nitrogen and oxygen atoms in total. The molecule has 7 heteroatoms. The molecule has 1 aliphatic carbocycles. The third-order valence-electron chi connectivity index (χ3n) is 4.54. The number of hydrogen-bond acceptors (Lipinski definition) is 6. The SMILES string of the molecule is CC1CCCCC1.COC(=O)c1cc(Br)cnc1NCCC(N)C(C)O. The standard InChI is InChI=1S/C12H18BrN3O3.C7H14/c1-7(17)10(14)3-4-15-11-9(12(18)19-2)5-8(13)6-16-11;1-7-5-3-2-4-6-7/h5-7,10,17H,3-4,14H2,1-2H3,(H,15,16);7H,2-6H2,1H3. The van der Waals surface area contributed by atoms with E-state index in [0.29, 0.717) is 28.8 Å². The third-order valence-corrected chi connectivity index (χ3v) is 4.98. The highest BCUT2D eigenvalue weighted by atomic mass is 79.9. The maximum Gasteiger partial charge on any atom is 0.341 e. The number of pyridine rings is 1. The molecule has 1 aromatic rings. The second-order valence-electron chi connectivity index (χ2n) is 6.90. The number of aliphatic hydroxyl groups excluding tert-OH is 1. The Balaban J connectivity index is 0.000000401. The predicted molar refractivity (Wildman–Crippen MR) is 108 cm³/mol. The van der Waals surface area contributed by atoms with Gasteiger partial charge < -0.3 is 20.9 Å². The largest absolute Gasteiger partial charge is 0.465 e. The van der Waals surface area contributed by atoms with Gasteiger partial charge in [-0.1, -0.05) is 39.0 Å². The smallest absolute Gasteiger partial charge is 0.341 e. The van der Waals surface area contributed by atoms with Gasteiger partial charge in [0, 0.05) is 23.3 Å². The van der Waals surface area contributed by atoms with E-state index >= 15 is 0 Å². The summed E-state index contributed by atoms with van der Waals surface area (Å²) in [7, 11) is 1.32. The molecule has 0 aliphatic heterocycles. The summed E-state index contributed by atoms with van der Waals surface area (Å²) in [6.07, 6.45) is 9.02. The van der Waals surface area contributed by atoms with Gasteiger partial charge in [0.25, 0.3) is 0 Å². The van der Waals surface area contributed by atoms with E-state index in [2.05, 4.69) is 33.2 Å². The van der Waals surface area contributed by atoms with Crippen molar-refractivity contribution in [2.75, 3.05) is 19.0 Å². The van der Waals surface area contributed by atoms with E-state index in [1.807, 2.05) is 0 Å². The first-order valence-corrected chi connectivity index (χ1v) is 10.1. The van der Waals surface area contributed by atoms with Gasteiger partial charge in [0.05, 0.1) is 13.2 Å². The minimum Gasteiger partial charge on any atom is -0.465 e. The van der Waals surface area contributed by atoms with Crippen LogP contribution in [0.15, 0.2) is 16.7 Å². The number of hydrogen-bond donors (Lipinski definition) is 3. The van der Waals surface area contributed by atoms with Crippen LogP contribution in [0, 0.1) is 5.92 Å². The van der Waals surface area contributed by atoms with Gasteiger partial charge in [-0.25, -0.2) is 9.78 Å². The Morgan fingerprint density at radius 3 is 2.62 bits per heavy atom. The highest BCUT2D eigenvalue weighted by Gasteiger charge is 2.14. The molecule has 2 rings (SSSR count). The van der Waals surface area contributed by atoms with Gasteiger partial charge in [-0.05, 0) is 41.3 Å². The van der Waals surface area contributed by atoms with Crippen LogP contribution in [0.2, 0.25) is 0 Å². The number of ether oxygens (including phenoxy) is 1. The number of aliphatic hydroxyl groups is 1. The van der Waals surface area contributed by atoms with Crippen molar-refractivity contribution in [1.82, 2.24) is 4.98 Å². The highest BCUT2D eigenvalue weighted by molar-refractivity contribution is 9.10. The normalized spacial score (nSPS) is 16.8. The van der Waals surface area contributed by atoms with E-state index in [9.17, 15) is 9.90 Å². The van der Waals surface area contributed by atoms with Crippen molar-refractivity contribution in [2.45, 2.75) is 64.5 Å². The summed E-state index contributed by atoms with van der Waals surface area (Å²) < 4.78 is 5.39. The maximum atomic E-state index is 11.6. The number of halogens is 1. The summed E-state index contributed by atoms with van der Waals surface area (Å²) >= 11 is 3.25.